The highest BCUT2D eigenvalue weighted by Gasteiger charge is 2.20. The SMILES string of the molecule is CCNC(=NCc1ccccc1CN1CCCC1=O)NCc1c(C)nn(C)c1C. The van der Waals surface area contributed by atoms with Gasteiger partial charge in [-0.05, 0) is 38.3 Å². The molecule has 156 valence electrons. The summed E-state index contributed by atoms with van der Waals surface area (Å²) in [5.41, 5.74) is 5.71. The van der Waals surface area contributed by atoms with Crippen LogP contribution in [0.25, 0.3) is 0 Å². The lowest BCUT2D eigenvalue weighted by atomic mass is 10.1. The van der Waals surface area contributed by atoms with Crippen LogP contribution >= 0.6 is 0 Å². The topological polar surface area (TPSA) is 74.6 Å². The molecule has 1 aliphatic heterocycles. The van der Waals surface area contributed by atoms with Crippen molar-refractivity contribution in [2.24, 2.45) is 12.0 Å². The van der Waals surface area contributed by atoms with E-state index in [1.165, 1.54) is 11.1 Å². The summed E-state index contributed by atoms with van der Waals surface area (Å²) in [6, 6.07) is 8.25. The highest BCUT2D eigenvalue weighted by atomic mass is 16.2. The molecular formula is C22H32N6O. The van der Waals surface area contributed by atoms with Gasteiger partial charge in [0.15, 0.2) is 5.96 Å². The molecule has 1 amide bonds. The second-order valence-corrected chi connectivity index (χ2v) is 7.51. The second-order valence-electron chi connectivity index (χ2n) is 7.51. The molecule has 7 nitrogen and oxygen atoms in total. The standard InChI is InChI=1S/C22H32N6O/c1-5-23-22(25-14-20-16(2)26-27(4)17(20)3)24-13-18-9-6-7-10-19(18)15-28-12-8-11-21(28)29/h6-7,9-10H,5,8,11-15H2,1-4H3,(H2,23,24,25). The lowest BCUT2D eigenvalue weighted by molar-refractivity contribution is -0.128. The molecule has 0 unspecified atom stereocenters. The Morgan fingerprint density at radius 3 is 2.59 bits per heavy atom. The van der Waals surface area contributed by atoms with Crippen LogP contribution in [0.2, 0.25) is 0 Å². The molecule has 0 bridgehead atoms. The zero-order valence-corrected chi connectivity index (χ0v) is 18.0. The molecule has 29 heavy (non-hydrogen) atoms. The van der Waals surface area contributed by atoms with Crippen molar-refractivity contribution in [3.8, 4) is 0 Å². The van der Waals surface area contributed by atoms with E-state index in [1.54, 1.807) is 0 Å². The summed E-state index contributed by atoms with van der Waals surface area (Å²) in [4.78, 5) is 18.7. The number of aromatic nitrogens is 2. The highest BCUT2D eigenvalue weighted by molar-refractivity contribution is 5.80. The van der Waals surface area contributed by atoms with E-state index in [0.717, 1.165) is 42.4 Å². The Morgan fingerprint density at radius 1 is 1.21 bits per heavy atom. The van der Waals surface area contributed by atoms with Crippen molar-refractivity contribution in [1.29, 1.82) is 0 Å². The predicted molar refractivity (Wildman–Crippen MR) is 115 cm³/mol. The fraction of sp³-hybridized carbons (Fsp3) is 0.500. The lowest BCUT2D eigenvalue weighted by Gasteiger charge is -2.18. The Bertz CT molecular complexity index is 885. The van der Waals surface area contributed by atoms with Gasteiger partial charge in [0.05, 0.1) is 12.2 Å². The number of aliphatic imine (C=N–C) groups is 1. The van der Waals surface area contributed by atoms with Crippen molar-refractivity contribution in [1.82, 2.24) is 25.3 Å². The molecule has 2 N–H and O–H groups in total. The van der Waals surface area contributed by atoms with Crippen molar-refractivity contribution in [2.75, 3.05) is 13.1 Å². The molecule has 1 aromatic carbocycles. The van der Waals surface area contributed by atoms with Crippen LogP contribution in [0.5, 0.6) is 0 Å². The van der Waals surface area contributed by atoms with Crippen LogP contribution in [0.4, 0.5) is 0 Å². The summed E-state index contributed by atoms with van der Waals surface area (Å²) in [6.45, 7) is 9.74. The zero-order chi connectivity index (χ0) is 20.8. The van der Waals surface area contributed by atoms with Gasteiger partial charge in [-0.25, -0.2) is 4.99 Å². The van der Waals surface area contributed by atoms with Gasteiger partial charge in [0.1, 0.15) is 0 Å². The van der Waals surface area contributed by atoms with Gasteiger partial charge in [-0.1, -0.05) is 24.3 Å². The monoisotopic (exact) mass is 396 g/mol. The quantitative estimate of drug-likeness (QED) is 0.557. The maximum atomic E-state index is 12.0. The van der Waals surface area contributed by atoms with E-state index in [-0.39, 0.29) is 5.91 Å². The third-order valence-corrected chi connectivity index (χ3v) is 5.49. The van der Waals surface area contributed by atoms with Crippen LogP contribution in [-0.2, 0) is 31.5 Å². The van der Waals surface area contributed by atoms with Gasteiger partial charge in [0.25, 0.3) is 0 Å². The first-order chi connectivity index (χ1) is 14.0. The number of carbonyl (C=O) groups excluding carboxylic acids is 1. The normalized spacial score (nSPS) is 14.6. The second kappa shape index (κ2) is 9.58. The Hall–Kier alpha value is -2.83. The number of aryl methyl sites for hydroxylation is 2. The van der Waals surface area contributed by atoms with E-state index in [2.05, 4.69) is 41.7 Å². The first kappa shape index (κ1) is 20.9. The van der Waals surface area contributed by atoms with E-state index < -0.39 is 0 Å². The average Bonchev–Trinajstić information content (AvgIpc) is 3.21. The molecular weight excluding hydrogens is 364 g/mol. The number of rotatable bonds is 7. The van der Waals surface area contributed by atoms with E-state index in [0.29, 0.717) is 26.1 Å². The van der Waals surface area contributed by atoms with Crippen molar-refractivity contribution in [3.05, 3.63) is 52.3 Å². The molecule has 0 saturated carbocycles. The van der Waals surface area contributed by atoms with Gasteiger partial charge < -0.3 is 15.5 Å². The zero-order valence-electron chi connectivity index (χ0n) is 18.0. The molecule has 1 aliphatic rings. The highest BCUT2D eigenvalue weighted by Crippen LogP contribution is 2.18. The molecule has 0 spiro atoms. The Balaban J connectivity index is 1.69. The van der Waals surface area contributed by atoms with E-state index in [1.807, 2.05) is 35.7 Å². The molecule has 0 atom stereocenters. The fourth-order valence-corrected chi connectivity index (χ4v) is 3.69. The largest absolute Gasteiger partial charge is 0.357 e. The molecule has 3 rings (SSSR count). The van der Waals surface area contributed by atoms with Gasteiger partial charge in [-0.3, -0.25) is 9.48 Å². The van der Waals surface area contributed by atoms with Gasteiger partial charge in [-0.15, -0.1) is 0 Å². The predicted octanol–water partition coefficient (Wildman–Crippen LogP) is 2.41. The molecule has 0 radical (unpaired) electrons. The first-order valence-corrected chi connectivity index (χ1v) is 10.4. The van der Waals surface area contributed by atoms with Gasteiger partial charge in [0, 0.05) is 50.9 Å². The van der Waals surface area contributed by atoms with Crippen molar-refractivity contribution in [2.45, 2.75) is 53.2 Å². The van der Waals surface area contributed by atoms with Crippen LogP contribution in [-0.4, -0.2) is 39.6 Å². The Labute approximate surface area is 173 Å². The van der Waals surface area contributed by atoms with Crippen LogP contribution < -0.4 is 10.6 Å². The van der Waals surface area contributed by atoms with Crippen LogP contribution in [0.3, 0.4) is 0 Å². The first-order valence-electron chi connectivity index (χ1n) is 10.4. The van der Waals surface area contributed by atoms with Gasteiger partial charge in [0.2, 0.25) is 5.91 Å². The van der Waals surface area contributed by atoms with E-state index in [9.17, 15) is 4.79 Å². The summed E-state index contributed by atoms with van der Waals surface area (Å²) in [6.07, 6.45) is 1.63. The van der Waals surface area contributed by atoms with Crippen molar-refractivity contribution >= 4 is 11.9 Å². The van der Waals surface area contributed by atoms with Crippen LogP contribution in [0, 0.1) is 13.8 Å². The fourth-order valence-electron chi connectivity index (χ4n) is 3.69. The summed E-state index contributed by atoms with van der Waals surface area (Å²) < 4.78 is 1.91. The number of carbonyl (C=O) groups is 1. The third kappa shape index (κ3) is 5.16. The Kier molecular flexibility index (Phi) is 6.90. The Morgan fingerprint density at radius 2 is 1.97 bits per heavy atom. The van der Waals surface area contributed by atoms with Crippen molar-refractivity contribution < 1.29 is 4.79 Å². The van der Waals surface area contributed by atoms with Crippen LogP contribution in [0.1, 0.15) is 47.8 Å². The lowest BCUT2D eigenvalue weighted by Crippen LogP contribution is -2.37. The summed E-state index contributed by atoms with van der Waals surface area (Å²) in [5, 5.41) is 11.2. The van der Waals surface area contributed by atoms with Gasteiger partial charge >= 0.3 is 0 Å². The van der Waals surface area contributed by atoms with Crippen LogP contribution in [0.15, 0.2) is 29.3 Å². The molecule has 1 saturated heterocycles. The van der Waals surface area contributed by atoms with Gasteiger partial charge in [-0.2, -0.15) is 5.10 Å². The number of amides is 1. The van der Waals surface area contributed by atoms with Crippen molar-refractivity contribution in [3.63, 3.8) is 0 Å². The number of hydrogen-bond donors (Lipinski definition) is 2. The molecule has 1 fully saturated rings. The number of guanidine groups is 1. The molecule has 2 aromatic rings. The van der Waals surface area contributed by atoms with E-state index >= 15 is 0 Å². The maximum absolute atomic E-state index is 12.0. The summed E-state index contributed by atoms with van der Waals surface area (Å²) in [5.74, 6) is 1.03. The maximum Gasteiger partial charge on any atom is 0.222 e. The number of nitrogens with zero attached hydrogens (tertiary/aromatic N) is 4. The minimum Gasteiger partial charge on any atom is -0.357 e. The molecule has 0 aliphatic carbocycles. The molecule has 2 heterocycles. The number of likely N-dealkylation sites (tertiary alicyclic amines) is 1. The summed E-state index contributed by atoms with van der Waals surface area (Å²) >= 11 is 0. The number of benzene rings is 1. The van der Waals surface area contributed by atoms with E-state index in [4.69, 9.17) is 4.99 Å². The average molecular weight is 397 g/mol. The summed E-state index contributed by atoms with van der Waals surface area (Å²) in [7, 11) is 1.97. The minimum absolute atomic E-state index is 0.250. The minimum atomic E-state index is 0.250. The third-order valence-electron chi connectivity index (χ3n) is 5.49. The number of hydrogen-bond acceptors (Lipinski definition) is 3. The molecule has 1 aromatic heterocycles. The number of nitrogens with one attached hydrogen (secondary N) is 2. The molecule has 7 heteroatoms. The smallest absolute Gasteiger partial charge is 0.222 e.